The third-order valence-electron chi connectivity index (χ3n) is 3.83. The second kappa shape index (κ2) is 8.11. The van der Waals surface area contributed by atoms with E-state index in [0.29, 0.717) is 11.1 Å². The number of ether oxygens (including phenoxy) is 2. The molecule has 2 nitrogen and oxygen atoms in total. The highest BCUT2D eigenvalue weighted by Crippen LogP contribution is 2.35. The van der Waals surface area contributed by atoms with Crippen molar-refractivity contribution in [3.8, 4) is 5.75 Å². The van der Waals surface area contributed by atoms with Gasteiger partial charge in [-0.15, -0.1) is 0 Å². The molecule has 0 aliphatic carbocycles. The van der Waals surface area contributed by atoms with Gasteiger partial charge in [-0.2, -0.15) is 0 Å². The number of hydrogen-bond donors (Lipinski definition) is 0. The summed E-state index contributed by atoms with van der Waals surface area (Å²) in [6.45, 7) is 7.43. The minimum Gasteiger partial charge on any atom is -0.467 e. The van der Waals surface area contributed by atoms with Crippen molar-refractivity contribution >= 4 is 19.2 Å². The molecule has 0 spiro atoms. The highest BCUT2D eigenvalue weighted by molar-refractivity contribution is 7.55. The molecular weight excluding hydrogens is 386 g/mol. The van der Waals surface area contributed by atoms with Gasteiger partial charge in [0.25, 0.3) is 0 Å². The predicted octanol–water partition coefficient (Wildman–Crippen LogP) is 4.60. The Balaban J connectivity index is 2.68. The van der Waals surface area contributed by atoms with Crippen molar-refractivity contribution in [3.63, 3.8) is 0 Å². The molecule has 8 heteroatoms. The highest BCUT2D eigenvalue weighted by atomic mass is 31.1. The summed E-state index contributed by atoms with van der Waals surface area (Å²) in [6, 6.07) is 3.47. The average molecular weight is 406 g/mol. The van der Waals surface area contributed by atoms with E-state index >= 15 is 0 Å². The summed E-state index contributed by atoms with van der Waals surface area (Å²) in [5.74, 6) is -9.44. The lowest BCUT2D eigenvalue weighted by atomic mass is 9.85. The Labute approximate surface area is 156 Å². The van der Waals surface area contributed by atoms with E-state index in [0.717, 1.165) is 11.1 Å². The molecule has 0 aliphatic rings. The Hall–Kier alpha value is -1.72. The fourth-order valence-electron chi connectivity index (χ4n) is 2.55. The van der Waals surface area contributed by atoms with Gasteiger partial charge >= 0.3 is 0 Å². The third-order valence-corrected chi connectivity index (χ3v) is 5.16. The molecule has 0 amide bonds. The molecule has 0 bridgehead atoms. The maximum atomic E-state index is 14.1. The van der Waals surface area contributed by atoms with Crippen molar-refractivity contribution in [2.24, 2.45) is 0 Å². The van der Waals surface area contributed by atoms with Gasteiger partial charge in [0.05, 0.1) is 5.30 Å². The molecule has 2 aromatic carbocycles. The molecule has 0 saturated carbocycles. The van der Waals surface area contributed by atoms with Crippen molar-refractivity contribution in [2.45, 2.75) is 33.1 Å². The zero-order valence-electron chi connectivity index (χ0n) is 15.6. The SMILES string of the molecule is COCOc1c(Pc2c(F)c(F)c(F)c(F)c2F)cc(C)cc1C(C)(C)C. The van der Waals surface area contributed by atoms with Crippen LogP contribution in [-0.2, 0) is 10.2 Å². The van der Waals surface area contributed by atoms with Gasteiger partial charge in [0.2, 0.25) is 5.82 Å². The summed E-state index contributed by atoms with van der Waals surface area (Å²) in [4.78, 5) is 0. The fourth-order valence-corrected chi connectivity index (χ4v) is 3.87. The van der Waals surface area contributed by atoms with Crippen molar-refractivity contribution in [2.75, 3.05) is 13.9 Å². The van der Waals surface area contributed by atoms with E-state index in [1.807, 2.05) is 26.8 Å². The van der Waals surface area contributed by atoms with Crippen LogP contribution < -0.4 is 15.3 Å². The van der Waals surface area contributed by atoms with Crippen LogP contribution in [0, 0.1) is 36.0 Å². The van der Waals surface area contributed by atoms with Gasteiger partial charge in [0, 0.05) is 18.0 Å². The van der Waals surface area contributed by atoms with Crippen LogP contribution in [-0.4, -0.2) is 13.9 Å². The zero-order chi connectivity index (χ0) is 20.5. The molecule has 1 atom stereocenters. The van der Waals surface area contributed by atoms with Gasteiger partial charge in [-0.1, -0.05) is 26.8 Å². The molecule has 1 unspecified atom stereocenters. The number of benzene rings is 2. The van der Waals surface area contributed by atoms with Crippen molar-refractivity contribution < 1.29 is 31.4 Å². The van der Waals surface area contributed by atoms with Crippen LogP contribution in [0.5, 0.6) is 5.75 Å². The minimum atomic E-state index is -2.17. The quantitative estimate of drug-likeness (QED) is 0.238. The van der Waals surface area contributed by atoms with Crippen LogP contribution in [0.1, 0.15) is 31.9 Å². The first-order chi connectivity index (χ1) is 12.5. The van der Waals surface area contributed by atoms with E-state index in [9.17, 15) is 22.0 Å². The van der Waals surface area contributed by atoms with Crippen molar-refractivity contribution in [1.29, 1.82) is 0 Å². The van der Waals surface area contributed by atoms with Gasteiger partial charge in [-0.25, -0.2) is 22.0 Å². The Morgan fingerprint density at radius 1 is 0.889 bits per heavy atom. The first-order valence-corrected chi connectivity index (χ1v) is 9.04. The number of halogens is 5. The standard InChI is InChI=1S/C19H20F5O2P/c1-9-6-10(19(2,3)4)17(26-8-25-5)11(7-9)27-18-15(23)13(21)12(20)14(22)16(18)24/h6-7,27H,8H2,1-5H3. The third kappa shape index (κ3) is 4.41. The molecule has 0 fully saturated rings. The monoisotopic (exact) mass is 406 g/mol. The molecule has 2 aromatic rings. The summed E-state index contributed by atoms with van der Waals surface area (Å²) in [5.41, 5.74) is 1.13. The summed E-state index contributed by atoms with van der Waals surface area (Å²) in [7, 11) is 0.582. The molecule has 2 rings (SSSR count). The maximum Gasteiger partial charge on any atom is 0.200 e. The Kier molecular flexibility index (Phi) is 6.48. The summed E-state index contributed by atoms with van der Waals surface area (Å²) in [6.07, 6.45) is 0. The van der Waals surface area contributed by atoms with Crippen molar-refractivity contribution in [3.05, 3.63) is 52.3 Å². The van der Waals surface area contributed by atoms with Crippen LogP contribution in [0.4, 0.5) is 22.0 Å². The summed E-state index contributed by atoms with van der Waals surface area (Å²) in [5, 5.41) is -0.542. The van der Waals surface area contributed by atoms with E-state index in [1.165, 1.54) is 7.11 Å². The number of methoxy groups -OCH3 is 1. The van der Waals surface area contributed by atoms with Gasteiger partial charge in [0.15, 0.2) is 30.1 Å². The topological polar surface area (TPSA) is 18.5 Å². The molecular formula is C19H20F5O2P. The smallest absolute Gasteiger partial charge is 0.200 e. The fraction of sp³-hybridized carbons (Fsp3) is 0.368. The number of aryl methyl sites for hydroxylation is 1. The summed E-state index contributed by atoms with van der Waals surface area (Å²) < 4.78 is 79.2. The summed E-state index contributed by atoms with van der Waals surface area (Å²) >= 11 is 0. The number of hydrogen-bond acceptors (Lipinski definition) is 2. The largest absolute Gasteiger partial charge is 0.467 e. The Bertz CT molecular complexity index is 833. The lowest BCUT2D eigenvalue weighted by Crippen LogP contribution is -2.23. The molecule has 0 N–H and O–H groups in total. The van der Waals surface area contributed by atoms with Gasteiger partial charge in [-0.05, 0) is 32.5 Å². The molecule has 148 valence electrons. The van der Waals surface area contributed by atoms with Gasteiger partial charge in [0.1, 0.15) is 5.75 Å². The van der Waals surface area contributed by atoms with Crippen LogP contribution in [0.25, 0.3) is 0 Å². The average Bonchev–Trinajstić information content (AvgIpc) is 2.59. The second-order valence-electron chi connectivity index (χ2n) is 7.06. The van der Waals surface area contributed by atoms with E-state index in [-0.39, 0.29) is 12.2 Å². The van der Waals surface area contributed by atoms with Crippen LogP contribution >= 0.6 is 8.58 Å². The van der Waals surface area contributed by atoms with E-state index in [4.69, 9.17) is 9.47 Å². The molecule has 0 saturated heterocycles. The van der Waals surface area contributed by atoms with Crippen LogP contribution in [0.2, 0.25) is 0 Å². The molecule has 0 radical (unpaired) electrons. The van der Waals surface area contributed by atoms with E-state index in [1.54, 1.807) is 13.0 Å². The predicted molar refractivity (Wildman–Crippen MR) is 96.2 cm³/mol. The van der Waals surface area contributed by atoms with Crippen molar-refractivity contribution in [1.82, 2.24) is 0 Å². The van der Waals surface area contributed by atoms with E-state index in [2.05, 4.69) is 0 Å². The number of rotatable bonds is 5. The van der Waals surface area contributed by atoms with E-state index < -0.39 is 43.0 Å². The molecule has 0 heterocycles. The van der Waals surface area contributed by atoms with Gasteiger partial charge in [-0.3, -0.25) is 0 Å². The zero-order valence-corrected chi connectivity index (χ0v) is 16.6. The minimum absolute atomic E-state index is 0.124. The highest BCUT2D eigenvalue weighted by Gasteiger charge is 2.28. The van der Waals surface area contributed by atoms with Gasteiger partial charge < -0.3 is 9.47 Å². The lowest BCUT2D eigenvalue weighted by Gasteiger charge is -2.25. The van der Waals surface area contributed by atoms with Crippen LogP contribution in [0.15, 0.2) is 12.1 Å². The molecule has 0 aliphatic heterocycles. The molecule has 0 aromatic heterocycles. The Morgan fingerprint density at radius 2 is 1.41 bits per heavy atom. The Morgan fingerprint density at radius 3 is 1.89 bits per heavy atom. The first-order valence-electron chi connectivity index (χ1n) is 8.04. The lowest BCUT2D eigenvalue weighted by molar-refractivity contribution is 0.0506. The maximum absolute atomic E-state index is 14.1. The normalized spacial score (nSPS) is 12.2. The molecule has 27 heavy (non-hydrogen) atoms. The van der Waals surface area contributed by atoms with Crippen LogP contribution in [0.3, 0.4) is 0 Å². The second-order valence-corrected chi connectivity index (χ2v) is 8.35. The first kappa shape index (κ1) is 21.6.